The van der Waals surface area contributed by atoms with Gasteiger partial charge < -0.3 is 9.84 Å². The van der Waals surface area contributed by atoms with Crippen LogP contribution in [-0.2, 0) is 0 Å². The number of benzene rings is 1. The SMILES string of the molecule is OC1(CC2CCOc3ccccc32)C=CCCC1. The zero-order chi connectivity index (χ0) is 12.4. The smallest absolute Gasteiger partial charge is 0.122 e. The topological polar surface area (TPSA) is 29.5 Å². The van der Waals surface area contributed by atoms with Crippen molar-refractivity contribution in [1.29, 1.82) is 0 Å². The van der Waals surface area contributed by atoms with Gasteiger partial charge in [-0.2, -0.15) is 0 Å². The summed E-state index contributed by atoms with van der Waals surface area (Å²) in [5.41, 5.74) is 0.657. The lowest BCUT2D eigenvalue weighted by atomic mass is 9.78. The molecule has 0 spiro atoms. The molecule has 2 atom stereocenters. The monoisotopic (exact) mass is 244 g/mol. The molecule has 2 nitrogen and oxygen atoms in total. The van der Waals surface area contributed by atoms with Crippen molar-refractivity contribution >= 4 is 0 Å². The number of ether oxygens (including phenoxy) is 1. The number of para-hydroxylation sites is 1. The van der Waals surface area contributed by atoms with Crippen LogP contribution < -0.4 is 4.74 Å². The maximum atomic E-state index is 10.6. The van der Waals surface area contributed by atoms with Crippen LogP contribution >= 0.6 is 0 Å². The van der Waals surface area contributed by atoms with E-state index in [1.807, 2.05) is 18.2 Å². The number of rotatable bonds is 2. The van der Waals surface area contributed by atoms with Crippen LogP contribution in [0.15, 0.2) is 36.4 Å². The number of hydrogen-bond donors (Lipinski definition) is 1. The summed E-state index contributed by atoms with van der Waals surface area (Å²) >= 11 is 0. The van der Waals surface area contributed by atoms with Gasteiger partial charge in [-0.25, -0.2) is 0 Å². The summed E-state index contributed by atoms with van der Waals surface area (Å²) in [6, 6.07) is 8.23. The van der Waals surface area contributed by atoms with Crippen molar-refractivity contribution < 1.29 is 9.84 Å². The largest absolute Gasteiger partial charge is 0.493 e. The van der Waals surface area contributed by atoms with Gasteiger partial charge in [0.25, 0.3) is 0 Å². The van der Waals surface area contributed by atoms with Crippen molar-refractivity contribution in [2.24, 2.45) is 0 Å². The summed E-state index contributed by atoms with van der Waals surface area (Å²) in [5, 5.41) is 10.6. The summed E-state index contributed by atoms with van der Waals surface area (Å²) in [6.45, 7) is 0.765. The Hall–Kier alpha value is -1.28. The fraction of sp³-hybridized carbons (Fsp3) is 0.500. The highest BCUT2D eigenvalue weighted by atomic mass is 16.5. The number of allylic oxidation sites excluding steroid dienone is 1. The van der Waals surface area contributed by atoms with Crippen molar-refractivity contribution in [1.82, 2.24) is 0 Å². The molecule has 0 radical (unpaired) electrons. The first kappa shape index (κ1) is 11.8. The summed E-state index contributed by atoms with van der Waals surface area (Å²) in [5.74, 6) is 1.42. The van der Waals surface area contributed by atoms with Gasteiger partial charge in [0.15, 0.2) is 0 Å². The minimum atomic E-state index is -0.604. The van der Waals surface area contributed by atoms with Crippen molar-refractivity contribution in [3.05, 3.63) is 42.0 Å². The highest BCUT2D eigenvalue weighted by Crippen LogP contribution is 2.40. The Balaban J connectivity index is 1.82. The highest BCUT2D eigenvalue weighted by Gasteiger charge is 2.32. The minimum absolute atomic E-state index is 0.419. The van der Waals surface area contributed by atoms with Gasteiger partial charge in [-0.15, -0.1) is 0 Å². The van der Waals surface area contributed by atoms with Gasteiger partial charge in [0, 0.05) is 0 Å². The van der Waals surface area contributed by atoms with Gasteiger partial charge in [0.1, 0.15) is 5.75 Å². The van der Waals surface area contributed by atoms with Gasteiger partial charge in [-0.1, -0.05) is 30.4 Å². The van der Waals surface area contributed by atoms with Gasteiger partial charge in [-0.05, 0) is 49.7 Å². The molecule has 3 rings (SSSR count). The molecule has 0 aromatic heterocycles. The predicted octanol–water partition coefficient (Wildman–Crippen LogP) is 3.41. The third-order valence-corrected chi connectivity index (χ3v) is 4.09. The van der Waals surface area contributed by atoms with E-state index >= 15 is 0 Å². The van der Waals surface area contributed by atoms with E-state index in [-0.39, 0.29) is 0 Å². The van der Waals surface area contributed by atoms with Crippen LogP contribution in [0.5, 0.6) is 5.75 Å². The third kappa shape index (κ3) is 2.30. The molecule has 0 saturated carbocycles. The van der Waals surface area contributed by atoms with E-state index in [0.717, 1.165) is 44.5 Å². The Morgan fingerprint density at radius 3 is 3.06 bits per heavy atom. The van der Waals surface area contributed by atoms with E-state index in [2.05, 4.69) is 18.2 Å². The molecule has 0 saturated heterocycles. The molecule has 2 heteroatoms. The molecule has 1 aromatic rings. The summed E-state index contributed by atoms with van der Waals surface area (Å²) in [6.07, 6.45) is 9.05. The summed E-state index contributed by atoms with van der Waals surface area (Å²) in [7, 11) is 0. The van der Waals surface area contributed by atoms with Crippen LogP contribution in [0.3, 0.4) is 0 Å². The molecule has 18 heavy (non-hydrogen) atoms. The van der Waals surface area contributed by atoms with Gasteiger partial charge in [0.05, 0.1) is 12.2 Å². The van der Waals surface area contributed by atoms with E-state index in [0.29, 0.717) is 5.92 Å². The second-order valence-electron chi connectivity index (χ2n) is 5.47. The van der Waals surface area contributed by atoms with Crippen molar-refractivity contribution in [2.45, 2.75) is 43.6 Å². The Labute approximate surface area is 108 Å². The molecule has 0 bridgehead atoms. The van der Waals surface area contributed by atoms with Gasteiger partial charge >= 0.3 is 0 Å². The van der Waals surface area contributed by atoms with Crippen LogP contribution in [0.1, 0.15) is 43.6 Å². The van der Waals surface area contributed by atoms with E-state index < -0.39 is 5.60 Å². The van der Waals surface area contributed by atoms with Crippen LogP contribution in [0.25, 0.3) is 0 Å². The standard InChI is InChI=1S/C16H20O2/c17-16(9-4-1-5-10-16)12-13-8-11-18-15-7-3-2-6-14(13)15/h2-4,6-7,9,13,17H,1,5,8,10-12H2. The minimum Gasteiger partial charge on any atom is -0.493 e. The summed E-state index contributed by atoms with van der Waals surface area (Å²) in [4.78, 5) is 0. The lowest BCUT2D eigenvalue weighted by molar-refractivity contribution is 0.0530. The van der Waals surface area contributed by atoms with Crippen LogP contribution in [0.2, 0.25) is 0 Å². The molecular formula is C16H20O2. The van der Waals surface area contributed by atoms with E-state index in [1.54, 1.807) is 0 Å². The fourth-order valence-electron chi connectivity index (χ4n) is 3.14. The highest BCUT2D eigenvalue weighted by molar-refractivity contribution is 5.38. The molecule has 2 aliphatic rings. The average molecular weight is 244 g/mol. The second kappa shape index (κ2) is 4.77. The maximum absolute atomic E-state index is 10.6. The zero-order valence-corrected chi connectivity index (χ0v) is 10.6. The lowest BCUT2D eigenvalue weighted by Gasteiger charge is -2.34. The molecule has 0 fully saturated rings. The maximum Gasteiger partial charge on any atom is 0.122 e. The molecule has 1 aromatic carbocycles. The van der Waals surface area contributed by atoms with Crippen molar-refractivity contribution in [3.8, 4) is 5.75 Å². The van der Waals surface area contributed by atoms with Crippen molar-refractivity contribution in [3.63, 3.8) is 0 Å². The molecule has 96 valence electrons. The number of aliphatic hydroxyl groups is 1. The molecule has 0 amide bonds. The number of fused-ring (bicyclic) bond motifs is 1. The van der Waals surface area contributed by atoms with E-state index in [9.17, 15) is 5.11 Å². The Bertz CT molecular complexity index is 452. The van der Waals surface area contributed by atoms with Crippen LogP contribution in [0, 0.1) is 0 Å². The second-order valence-corrected chi connectivity index (χ2v) is 5.47. The normalized spacial score (nSPS) is 30.6. The molecule has 1 aliphatic heterocycles. The molecule has 1 N–H and O–H groups in total. The van der Waals surface area contributed by atoms with Crippen molar-refractivity contribution in [2.75, 3.05) is 6.61 Å². The summed E-state index contributed by atoms with van der Waals surface area (Å²) < 4.78 is 5.68. The first-order valence-corrected chi connectivity index (χ1v) is 6.89. The quantitative estimate of drug-likeness (QED) is 0.808. The third-order valence-electron chi connectivity index (χ3n) is 4.09. The first-order valence-electron chi connectivity index (χ1n) is 6.89. The first-order chi connectivity index (χ1) is 8.77. The Morgan fingerprint density at radius 2 is 2.22 bits per heavy atom. The van der Waals surface area contributed by atoms with Gasteiger partial charge in [0.2, 0.25) is 0 Å². The Morgan fingerprint density at radius 1 is 1.33 bits per heavy atom. The van der Waals surface area contributed by atoms with E-state index in [4.69, 9.17) is 4.74 Å². The van der Waals surface area contributed by atoms with Gasteiger partial charge in [-0.3, -0.25) is 0 Å². The molecular weight excluding hydrogens is 224 g/mol. The number of hydrogen-bond acceptors (Lipinski definition) is 2. The zero-order valence-electron chi connectivity index (χ0n) is 10.6. The fourth-order valence-corrected chi connectivity index (χ4v) is 3.14. The lowest BCUT2D eigenvalue weighted by Crippen LogP contribution is -2.31. The predicted molar refractivity (Wildman–Crippen MR) is 71.9 cm³/mol. The van der Waals surface area contributed by atoms with Crippen LogP contribution in [-0.4, -0.2) is 17.3 Å². The molecule has 2 unspecified atom stereocenters. The van der Waals surface area contributed by atoms with Crippen LogP contribution in [0.4, 0.5) is 0 Å². The average Bonchev–Trinajstić information content (AvgIpc) is 2.40. The molecule has 1 heterocycles. The van der Waals surface area contributed by atoms with E-state index in [1.165, 1.54) is 5.56 Å². The Kier molecular flexibility index (Phi) is 3.13. The molecule has 1 aliphatic carbocycles.